The van der Waals surface area contributed by atoms with Crippen LogP contribution in [-0.2, 0) is 16.8 Å². The third-order valence-electron chi connectivity index (χ3n) is 4.03. The van der Waals surface area contributed by atoms with Crippen LogP contribution in [-0.4, -0.2) is 13.4 Å². The van der Waals surface area contributed by atoms with Gasteiger partial charge in [-0.1, -0.05) is 40.4 Å². The minimum Gasteiger partial charge on any atom is -0.335 e. The largest absolute Gasteiger partial charge is 0.335 e. The summed E-state index contributed by atoms with van der Waals surface area (Å²) in [5.74, 6) is 2.62. The fourth-order valence-corrected chi connectivity index (χ4v) is 3.40. The van der Waals surface area contributed by atoms with Gasteiger partial charge in [-0.05, 0) is 6.71 Å². The summed E-state index contributed by atoms with van der Waals surface area (Å²) < 4.78 is 0. The predicted molar refractivity (Wildman–Crippen MR) is 69.2 cm³/mol. The zero-order valence-electron chi connectivity index (χ0n) is 10.6. The molecule has 0 N–H and O–H groups in total. The van der Waals surface area contributed by atoms with Crippen molar-refractivity contribution >= 4 is 13.4 Å². The quantitative estimate of drug-likeness (QED) is 0.521. The first-order chi connectivity index (χ1) is 6.71. The zero-order valence-corrected chi connectivity index (χ0v) is 11.6. The fraction of sp³-hybridized carbons (Fsp3) is 0.750. The topological polar surface area (TPSA) is 0 Å². The molecule has 0 spiro atoms. The Labute approximate surface area is 107 Å². The Hall–Kier alpha value is 0.376. The maximum Gasteiger partial charge on any atom is 0.128 e. The van der Waals surface area contributed by atoms with Gasteiger partial charge < -0.3 is 5.82 Å². The molecular weight excluding hydrogens is 225 g/mol. The van der Waals surface area contributed by atoms with Gasteiger partial charge >= 0.3 is 0 Å². The third kappa shape index (κ3) is 2.73. The number of hydrogen-bond acceptors (Lipinski definition) is 0. The molecule has 3 heteroatoms. The van der Waals surface area contributed by atoms with Crippen molar-refractivity contribution < 1.29 is 16.8 Å². The molecule has 0 bridgehead atoms. The van der Waals surface area contributed by atoms with Crippen LogP contribution in [0.1, 0.15) is 40.5 Å². The van der Waals surface area contributed by atoms with Gasteiger partial charge in [0.05, 0.1) is 0 Å². The molecule has 1 unspecified atom stereocenters. The molecule has 1 aliphatic rings. The molecule has 0 aromatic rings. The van der Waals surface area contributed by atoms with Crippen molar-refractivity contribution in [2.75, 3.05) is 0 Å². The van der Waals surface area contributed by atoms with E-state index < -0.39 is 0 Å². The van der Waals surface area contributed by atoms with Crippen molar-refractivity contribution in [2.45, 2.75) is 59.0 Å². The zero-order chi connectivity index (χ0) is 10.7. The van der Waals surface area contributed by atoms with Gasteiger partial charge in [-0.3, -0.25) is 0 Å². The van der Waals surface area contributed by atoms with E-state index in [9.17, 15) is 0 Å². The van der Waals surface area contributed by atoms with Crippen molar-refractivity contribution in [2.24, 2.45) is 0 Å². The van der Waals surface area contributed by atoms with Gasteiger partial charge in [0, 0.05) is 16.8 Å². The van der Waals surface area contributed by atoms with Crippen LogP contribution in [0.2, 0.25) is 18.5 Å². The molecule has 15 heavy (non-hydrogen) atoms. The van der Waals surface area contributed by atoms with E-state index in [2.05, 4.69) is 34.3 Å². The van der Waals surface area contributed by atoms with Crippen LogP contribution in [0.4, 0.5) is 0 Å². The van der Waals surface area contributed by atoms with E-state index in [-0.39, 0.29) is 16.8 Å². The molecular formula is C12H23B2Co-. The smallest absolute Gasteiger partial charge is 0.128 e. The second kappa shape index (κ2) is 6.85. The summed E-state index contributed by atoms with van der Waals surface area (Å²) in [4.78, 5) is 0. The summed E-state index contributed by atoms with van der Waals surface area (Å²) in [7, 11) is 0. The average molecular weight is 248 g/mol. The molecule has 1 aliphatic heterocycles. The van der Waals surface area contributed by atoms with E-state index >= 15 is 0 Å². The van der Waals surface area contributed by atoms with Gasteiger partial charge in [0.25, 0.3) is 0 Å². The van der Waals surface area contributed by atoms with Crippen molar-refractivity contribution in [1.29, 1.82) is 0 Å². The van der Waals surface area contributed by atoms with Crippen LogP contribution in [0, 0.1) is 5.82 Å². The van der Waals surface area contributed by atoms with Crippen LogP contribution in [0.3, 0.4) is 0 Å². The molecule has 1 rings (SSSR count). The molecule has 1 saturated heterocycles. The van der Waals surface area contributed by atoms with E-state index in [1.807, 2.05) is 0 Å². The summed E-state index contributed by atoms with van der Waals surface area (Å²) in [6.07, 6.45) is 5.09. The molecule has 0 amide bonds. The second-order valence-corrected chi connectivity index (χ2v) is 4.49. The maximum absolute atomic E-state index is 4.33. The van der Waals surface area contributed by atoms with Gasteiger partial charge in [-0.25, -0.2) is 0 Å². The fourth-order valence-electron chi connectivity index (χ4n) is 3.40. The van der Waals surface area contributed by atoms with E-state index in [1.54, 1.807) is 5.82 Å². The maximum atomic E-state index is 4.33. The van der Waals surface area contributed by atoms with E-state index in [0.717, 1.165) is 19.2 Å². The Bertz CT molecular complexity index is 186. The number of hydrogen-bond donors (Lipinski definition) is 0. The standard InChI is InChI=1S/C12H23B2.Co/c1-6-11-12(7-2)14(9-4)10(5)13(11)8-3;/h11H,5-9H2,1-4H3;/q-1;. The Morgan fingerprint density at radius 2 is 1.80 bits per heavy atom. The molecule has 1 atom stereocenters. The van der Waals surface area contributed by atoms with Gasteiger partial charge in [0.2, 0.25) is 0 Å². The first kappa shape index (κ1) is 15.4. The normalized spacial score (nSPS) is 22.1. The van der Waals surface area contributed by atoms with Gasteiger partial charge in [-0.15, -0.1) is 12.9 Å². The van der Waals surface area contributed by atoms with Gasteiger partial charge in [0.15, 0.2) is 0 Å². The first-order valence-electron chi connectivity index (χ1n) is 6.25. The van der Waals surface area contributed by atoms with Gasteiger partial charge in [0.1, 0.15) is 6.71 Å². The molecule has 87 valence electrons. The van der Waals surface area contributed by atoms with E-state index in [1.165, 1.54) is 30.9 Å². The SMILES string of the molecule is C=C1B(CC)[C-](CC)C(CC)B1CC.[Co]. The summed E-state index contributed by atoms with van der Waals surface area (Å²) in [6, 6.07) is 0. The monoisotopic (exact) mass is 248 g/mol. The molecule has 1 radical (unpaired) electrons. The molecule has 1 heterocycles. The Balaban J connectivity index is 0.00000196. The summed E-state index contributed by atoms with van der Waals surface area (Å²) >= 11 is 0. The summed E-state index contributed by atoms with van der Waals surface area (Å²) in [5.41, 5.74) is 0. The van der Waals surface area contributed by atoms with Crippen LogP contribution >= 0.6 is 0 Å². The predicted octanol–water partition coefficient (Wildman–Crippen LogP) is 3.97. The van der Waals surface area contributed by atoms with Crippen LogP contribution in [0.5, 0.6) is 0 Å². The van der Waals surface area contributed by atoms with E-state index in [4.69, 9.17) is 0 Å². The third-order valence-corrected chi connectivity index (χ3v) is 4.03. The Morgan fingerprint density at radius 3 is 2.13 bits per heavy atom. The Kier molecular flexibility index (Phi) is 7.02. The van der Waals surface area contributed by atoms with Crippen molar-refractivity contribution in [3.05, 3.63) is 17.8 Å². The molecule has 1 fully saturated rings. The van der Waals surface area contributed by atoms with E-state index in [0.29, 0.717) is 0 Å². The number of rotatable bonds is 4. The average Bonchev–Trinajstić information content (AvgIpc) is 2.48. The summed E-state index contributed by atoms with van der Waals surface area (Å²) in [6.45, 7) is 15.1. The van der Waals surface area contributed by atoms with Crippen LogP contribution in [0.25, 0.3) is 0 Å². The van der Waals surface area contributed by atoms with Gasteiger partial charge in [-0.2, -0.15) is 17.6 Å². The molecule has 0 saturated carbocycles. The minimum absolute atomic E-state index is 0. The second-order valence-electron chi connectivity index (χ2n) is 4.49. The van der Waals surface area contributed by atoms with Crippen LogP contribution in [0.15, 0.2) is 12.0 Å². The van der Waals surface area contributed by atoms with Crippen molar-refractivity contribution in [3.8, 4) is 0 Å². The van der Waals surface area contributed by atoms with Crippen molar-refractivity contribution in [3.63, 3.8) is 0 Å². The summed E-state index contributed by atoms with van der Waals surface area (Å²) in [5, 5.41) is 1.53. The molecule has 0 aromatic carbocycles. The molecule has 0 nitrogen and oxygen atoms in total. The molecule has 0 aromatic heterocycles. The molecule has 0 aliphatic carbocycles. The van der Waals surface area contributed by atoms with Crippen LogP contribution < -0.4 is 0 Å². The minimum atomic E-state index is 0. The first-order valence-corrected chi connectivity index (χ1v) is 6.25. The van der Waals surface area contributed by atoms with Crippen molar-refractivity contribution in [1.82, 2.24) is 0 Å². The Morgan fingerprint density at radius 1 is 1.20 bits per heavy atom.